The molecule has 0 bridgehead atoms. The van der Waals surface area contributed by atoms with Gasteiger partial charge >= 0.3 is 19.2 Å². The number of carboxylic acids is 1. The fourth-order valence-electron chi connectivity index (χ4n) is 4.22. The van der Waals surface area contributed by atoms with Crippen molar-refractivity contribution >= 4 is 14.0 Å². The van der Waals surface area contributed by atoms with Gasteiger partial charge in [0.25, 0.3) is 0 Å². The number of carbonyl (C=O) groups is 1. The summed E-state index contributed by atoms with van der Waals surface area (Å²) in [6.45, 7) is 1.84. The summed E-state index contributed by atoms with van der Waals surface area (Å²) in [7, 11) is -3.48. The maximum absolute atomic E-state index is 13.6. The number of allylic oxidation sites excluding steroid dienone is 1. The largest absolute Gasteiger partial charge is 0.531 e. The molecular weight excluding hydrogens is 468 g/mol. The van der Waals surface area contributed by atoms with Crippen LogP contribution in [0.25, 0.3) is 11.3 Å². The van der Waals surface area contributed by atoms with Crippen LogP contribution in [0, 0.1) is 18.7 Å². The van der Waals surface area contributed by atoms with Crippen molar-refractivity contribution in [3.05, 3.63) is 102 Å². The predicted octanol–water partition coefficient (Wildman–Crippen LogP) is 5.15. The van der Waals surface area contributed by atoms with Gasteiger partial charge in [0.2, 0.25) is 0 Å². The number of rotatable bonds is 9. The smallest absolute Gasteiger partial charge is 0.477 e. The van der Waals surface area contributed by atoms with Gasteiger partial charge in [0, 0.05) is 12.0 Å². The summed E-state index contributed by atoms with van der Waals surface area (Å²) in [5, 5.41) is 20.0. The molecule has 1 aromatic heterocycles. The number of aromatic nitrogens is 1. The van der Waals surface area contributed by atoms with Gasteiger partial charge in [0.05, 0.1) is 11.4 Å². The SMILES string of the molecule is Cc1ccc(C(O)(Cc2ccc(F)cc2)C(C=CC2CC2)(C(=O)O)[P+](=O)O)nc1-c1ccccc1. The molecule has 180 valence electrons. The number of pyridine rings is 1. The van der Waals surface area contributed by atoms with Gasteiger partial charge in [-0.3, -0.25) is 0 Å². The molecular formula is C27H26FNO5P+. The van der Waals surface area contributed by atoms with Crippen molar-refractivity contribution in [1.82, 2.24) is 4.98 Å². The van der Waals surface area contributed by atoms with E-state index in [0.717, 1.165) is 30.0 Å². The summed E-state index contributed by atoms with van der Waals surface area (Å²) < 4.78 is 26.4. The van der Waals surface area contributed by atoms with Gasteiger partial charge in [-0.1, -0.05) is 54.6 Å². The molecule has 1 saturated carbocycles. The Balaban J connectivity index is 1.96. The molecule has 0 amide bonds. The normalized spacial score (nSPS) is 17.5. The van der Waals surface area contributed by atoms with Crippen molar-refractivity contribution in [2.24, 2.45) is 5.92 Å². The minimum Gasteiger partial charge on any atom is -0.477 e. The Kier molecular flexibility index (Phi) is 6.95. The summed E-state index contributed by atoms with van der Waals surface area (Å²) in [5.74, 6) is -2.06. The Morgan fingerprint density at radius 1 is 1.11 bits per heavy atom. The Morgan fingerprint density at radius 2 is 1.77 bits per heavy atom. The topological polar surface area (TPSA) is 108 Å². The third kappa shape index (κ3) is 4.80. The Labute approximate surface area is 203 Å². The van der Waals surface area contributed by atoms with Crippen LogP contribution in [-0.2, 0) is 21.4 Å². The van der Waals surface area contributed by atoms with E-state index in [4.69, 9.17) is 0 Å². The molecule has 1 aliphatic carbocycles. The van der Waals surface area contributed by atoms with Crippen LogP contribution in [0.2, 0.25) is 0 Å². The van der Waals surface area contributed by atoms with Crippen molar-refractivity contribution in [2.45, 2.75) is 36.9 Å². The second kappa shape index (κ2) is 9.78. The summed E-state index contributed by atoms with van der Waals surface area (Å²) >= 11 is 0. The maximum atomic E-state index is 13.6. The average molecular weight is 494 g/mol. The molecule has 8 heteroatoms. The van der Waals surface area contributed by atoms with Crippen LogP contribution in [0.5, 0.6) is 0 Å². The fraction of sp³-hybridized carbons (Fsp3) is 0.259. The van der Waals surface area contributed by atoms with Gasteiger partial charge in [-0.25, -0.2) is 14.2 Å². The molecule has 3 N–H and O–H groups in total. The van der Waals surface area contributed by atoms with Crippen molar-refractivity contribution in [3.63, 3.8) is 0 Å². The number of aliphatic carboxylic acids is 1. The summed E-state index contributed by atoms with van der Waals surface area (Å²) in [5.41, 5.74) is -0.0575. The zero-order valence-electron chi connectivity index (χ0n) is 19.1. The molecule has 3 aromatic rings. The third-order valence-corrected chi connectivity index (χ3v) is 7.74. The molecule has 2 aromatic carbocycles. The highest BCUT2D eigenvalue weighted by Crippen LogP contribution is 2.52. The lowest BCUT2D eigenvalue weighted by atomic mass is 9.77. The van der Waals surface area contributed by atoms with Crippen LogP contribution in [-0.4, -0.2) is 31.2 Å². The first-order valence-electron chi connectivity index (χ1n) is 11.3. The van der Waals surface area contributed by atoms with E-state index in [9.17, 15) is 28.9 Å². The molecule has 1 fully saturated rings. The highest BCUT2D eigenvalue weighted by molar-refractivity contribution is 7.42. The molecule has 1 aliphatic rings. The van der Waals surface area contributed by atoms with E-state index in [1.165, 1.54) is 30.3 Å². The van der Waals surface area contributed by atoms with Crippen LogP contribution in [0.4, 0.5) is 4.39 Å². The number of aliphatic hydroxyl groups is 1. The lowest BCUT2D eigenvalue weighted by molar-refractivity contribution is -0.147. The Hall–Kier alpha value is -3.25. The van der Waals surface area contributed by atoms with Crippen molar-refractivity contribution in [3.8, 4) is 11.3 Å². The van der Waals surface area contributed by atoms with E-state index in [1.54, 1.807) is 12.1 Å². The van der Waals surface area contributed by atoms with Crippen molar-refractivity contribution < 1.29 is 28.9 Å². The van der Waals surface area contributed by atoms with Crippen molar-refractivity contribution in [1.29, 1.82) is 0 Å². The van der Waals surface area contributed by atoms with E-state index in [1.807, 2.05) is 37.3 Å². The minimum atomic E-state index is -3.48. The van der Waals surface area contributed by atoms with Gasteiger partial charge in [0.1, 0.15) is 5.82 Å². The molecule has 1 heterocycles. The minimum absolute atomic E-state index is 0.0634. The lowest BCUT2D eigenvalue weighted by Crippen LogP contribution is -2.55. The molecule has 6 nitrogen and oxygen atoms in total. The highest BCUT2D eigenvalue weighted by atomic mass is 31.1. The van der Waals surface area contributed by atoms with Gasteiger partial charge < -0.3 is 10.2 Å². The average Bonchev–Trinajstić information content (AvgIpc) is 3.66. The molecule has 3 atom stereocenters. The standard InChI is InChI=1S/C27H25FNO5P/c1-18-7-14-23(29-24(18)21-5-3-2-4-6-21)26(32,17-20-10-12-22(28)13-11-20)27(25(30)31,35(33)34)16-15-19-8-9-19/h2-7,10-16,19,32H,8-9,17H2,1H3,(H-,30,31,33,34)/p+1. The summed E-state index contributed by atoms with van der Waals surface area (Å²) in [6, 6.07) is 17.6. The van der Waals surface area contributed by atoms with E-state index in [2.05, 4.69) is 4.98 Å². The number of hydrogen-bond acceptors (Lipinski definition) is 4. The number of benzene rings is 2. The number of halogens is 1. The van der Waals surface area contributed by atoms with Crippen LogP contribution in [0.1, 0.15) is 29.7 Å². The number of carboxylic acid groups (broad SMARTS) is 1. The van der Waals surface area contributed by atoms with Crippen LogP contribution >= 0.6 is 8.03 Å². The number of aryl methyl sites for hydroxylation is 1. The first-order chi connectivity index (χ1) is 16.7. The van der Waals surface area contributed by atoms with Crippen LogP contribution in [0.3, 0.4) is 0 Å². The first kappa shape index (κ1) is 24.9. The Bertz CT molecular complexity index is 1260. The van der Waals surface area contributed by atoms with Gasteiger partial charge in [0.15, 0.2) is 5.60 Å². The summed E-state index contributed by atoms with van der Waals surface area (Å²) in [6.07, 6.45) is 4.04. The van der Waals surface area contributed by atoms with Gasteiger partial charge in [-0.15, -0.1) is 0 Å². The molecule has 4 rings (SSSR count). The lowest BCUT2D eigenvalue weighted by Gasteiger charge is -2.34. The predicted molar refractivity (Wildman–Crippen MR) is 130 cm³/mol. The first-order valence-corrected chi connectivity index (χ1v) is 12.5. The number of hydrogen-bond donors (Lipinski definition) is 3. The molecule has 0 radical (unpaired) electrons. The molecule has 0 spiro atoms. The second-order valence-electron chi connectivity index (χ2n) is 8.93. The van der Waals surface area contributed by atoms with E-state index in [-0.39, 0.29) is 18.0 Å². The quantitative estimate of drug-likeness (QED) is 0.281. The molecule has 0 aliphatic heterocycles. The fourth-order valence-corrected chi connectivity index (χ4v) is 5.11. The van der Waals surface area contributed by atoms with E-state index in [0.29, 0.717) is 11.3 Å². The highest BCUT2D eigenvalue weighted by Gasteiger charge is 2.70. The van der Waals surface area contributed by atoms with Crippen LogP contribution in [0.15, 0.2) is 78.9 Å². The van der Waals surface area contributed by atoms with Gasteiger partial charge in [-0.2, -0.15) is 4.89 Å². The second-order valence-corrected chi connectivity index (χ2v) is 10.2. The third-order valence-electron chi connectivity index (χ3n) is 6.43. The van der Waals surface area contributed by atoms with Gasteiger partial charge in [-0.05, 0) is 65.7 Å². The zero-order valence-corrected chi connectivity index (χ0v) is 20.0. The van der Waals surface area contributed by atoms with Crippen LogP contribution < -0.4 is 0 Å². The maximum Gasteiger partial charge on any atom is 0.531 e. The number of nitrogens with zero attached hydrogens (tertiary/aromatic N) is 1. The van der Waals surface area contributed by atoms with E-state index < -0.39 is 30.6 Å². The molecule has 3 unspecified atom stereocenters. The van der Waals surface area contributed by atoms with Crippen molar-refractivity contribution in [2.75, 3.05) is 0 Å². The van der Waals surface area contributed by atoms with E-state index >= 15 is 0 Å². The summed E-state index contributed by atoms with van der Waals surface area (Å²) in [4.78, 5) is 27.8. The zero-order chi connectivity index (χ0) is 25.2. The Morgan fingerprint density at radius 3 is 2.34 bits per heavy atom. The monoisotopic (exact) mass is 494 g/mol. The molecule has 35 heavy (non-hydrogen) atoms. The molecule has 0 saturated heterocycles.